The normalized spacial score (nSPS) is 20.8. The van der Waals surface area contributed by atoms with Crippen molar-refractivity contribution in [2.45, 2.75) is 45.7 Å². The van der Waals surface area contributed by atoms with Crippen molar-refractivity contribution in [2.75, 3.05) is 6.54 Å². The summed E-state index contributed by atoms with van der Waals surface area (Å²) in [7, 11) is 0. The number of ketones is 1. The van der Waals surface area contributed by atoms with Gasteiger partial charge in [-0.1, -0.05) is 44.2 Å². The Balaban J connectivity index is 1.94. The first-order valence-electron chi connectivity index (χ1n) is 6.95. The van der Waals surface area contributed by atoms with E-state index in [0.717, 1.165) is 25.3 Å². The Morgan fingerprint density at radius 3 is 2.67 bits per heavy atom. The molecule has 0 aliphatic carbocycles. The van der Waals surface area contributed by atoms with E-state index in [1.165, 1.54) is 12.0 Å². The number of benzene rings is 1. The molecule has 0 N–H and O–H groups in total. The van der Waals surface area contributed by atoms with Crippen LogP contribution in [-0.2, 0) is 11.3 Å². The van der Waals surface area contributed by atoms with E-state index in [0.29, 0.717) is 18.4 Å². The van der Waals surface area contributed by atoms with Gasteiger partial charge in [0.15, 0.2) is 0 Å². The molecule has 2 nitrogen and oxygen atoms in total. The summed E-state index contributed by atoms with van der Waals surface area (Å²) in [5, 5.41) is 0. The summed E-state index contributed by atoms with van der Waals surface area (Å²) in [6.07, 6.45) is 3.11. The van der Waals surface area contributed by atoms with Crippen molar-refractivity contribution in [1.82, 2.24) is 4.90 Å². The summed E-state index contributed by atoms with van der Waals surface area (Å²) < 4.78 is 0. The van der Waals surface area contributed by atoms with Gasteiger partial charge in [0.2, 0.25) is 0 Å². The van der Waals surface area contributed by atoms with Crippen LogP contribution >= 0.6 is 0 Å². The summed E-state index contributed by atoms with van der Waals surface area (Å²) in [5.74, 6) is 1.12. The molecule has 98 valence electrons. The van der Waals surface area contributed by atoms with Crippen LogP contribution in [0.3, 0.4) is 0 Å². The molecule has 1 heterocycles. The highest BCUT2D eigenvalue weighted by Gasteiger charge is 2.29. The van der Waals surface area contributed by atoms with E-state index in [2.05, 4.69) is 43.0 Å². The predicted octanol–water partition coefficient (Wildman–Crippen LogP) is 3.27. The van der Waals surface area contributed by atoms with Crippen LogP contribution in [0.15, 0.2) is 30.3 Å². The number of hydrogen-bond acceptors (Lipinski definition) is 2. The minimum Gasteiger partial charge on any atom is -0.298 e. The Kier molecular flexibility index (Phi) is 4.54. The third-order valence-electron chi connectivity index (χ3n) is 3.66. The molecule has 1 saturated heterocycles. The maximum Gasteiger partial charge on any atom is 0.148 e. The van der Waals surface area contributed by atoms with Crippen LogP contribution in [0.2, 0.25) is 0 Å². The number of carbonyl (C=O) groups is 1. The molecule has 1 aliphatic rings. The van der Waals surface area contributed by atoms with Crippen LogP contribution < -0.4 is 0 Å². The molecule has 18 heavy (non-hydrogen) atoms. The summed E-state index contributed by atoms with van der Waals surface area (Å²) >= 11 is 0. The van der Waals surface area contributed by atoms with Gasteiger partial charge in [-0.25, -0.2) is 0 Å². The lowest BCUT2D eigenvalue weighted by Crippen LogP contribution is -2.29. The van der Waals surface area contributed by atoms with Crippen LogP contribution in [0, 0.1) is 5.92 Å². The minimum absolute atomic E-state index is 0.402. The van der Waals surface area contributed by atoms with Gasteiger partial charge in [0, 0.05) is 19.0 Å². The van der Waals surface area contributed by atoms with Gasteiger partial charge in [-0.05, 0) is 24.3 Å². The molecule has 0 aromatic heterocycles. The average molecular weight is 245 g/mol. The number of Topliss-reactive ketones (excluding diaryl/α,β-unsaturated/α-hetero) is 1. The highest BCUT2D eigenvalue weighted by Crippen LogP contribution is 2.23. The number of hydrogen-bond donors (Lipinski definition) is 0. The van der Waals surface area contributed by atoms with Gasteiger partial charge in [-0.2, -0.15) is 0 Å². The molecule has 0 saturated carbocycles. The summed E-state index contributed by atoms with van der Waals surface area (Å²) in [6, 6.07) is 10.9. The summed E-state index contributed by atoms with van der Waals surface area (Å²) in [6.45, 7) is 6.05. The topological polar surface area (TPSA) is 20.3 Å². The van der Waals surface area contributed by atoms with E-state index >= 15 is 0 Å². The fourth-order valence-corrected chi connectivity index (χ4v) is 2.63. The maximum atomic E-state index is 11.7. The van der Waals surface area contributed by atoms with Crippen molar-refractivity contribution in [3.63, 3.8) is 0 Å². The first-order valence-corrected chi connectivity index (χ1v) is 6.95. The average Bonchev–Trinajstić information content (AvgIpc) is 2.68. The molecule has 0 amide bonds. The smallest absolute Gasteiger partial charge is 0.148 e. The van der Waals surface area contributed by atoms with Crippen LogP contribution in [-0.4, -0.2) is 23.3 Å². The first kappa shape index (κ1) is 13.3. The monoisotopic (exact) mass is 245 g/mol. The number of carbonyl (C=O) groups excluding carboxylic acids is 1. The largest absolute Gasteiger partial charge is 0.298 e. The van der Waals surface area contributed by atoms with E-state index in [1.807, 2.05) is 6.07 Å². The zero-order valence-electron chi connectivity index (χ0n) is 11.4. The number of rotatable bonds is 5. The molecular formula is C16H23NO. The van der Waals surface area contributed by atoms with Gasteiger partial charge < -0.3 is 0 Å². The third kappa shape index (κ3) is 3.67. The second-order valence-corrected chi connectivity index (χ2v) is 5.76. The third-order valence-corrected chi connectivity index (χ3v) is 3.66. The van der Waals surface area contributed by atoms with Crippen LogP contribution in [0.4, 0.5) is 0 Å². The Hall–Kier alpha value is -1.15. The zero-order chi connectivity index (χ0) is 13.0. The molecule has 2 heteroatoms. The second kappa shape index (κ2) is 6.14. The first-order chi connectivity index (χ1) is 8.65. The lowest BCUT2D eigenvalue weighted by molar-refractivity contribution is -0.117. The van der Waals surface area contributed by atoms with E-state index in [1.54, 1.807) is 0 Å². The van der Waals surface area contributed by atoms with Crippen LogP contribution in [0.25, 0.3) is 0 Å². The molecule has 1 unspecified atom stereocenters. The molecular weight excluding hydrogens is 222 g/mol. The molecule has 0 radical (unpaired) electrons. The Morgan fingerprint density at radius 2 is 2.00 bits per heavy atom. The van der Waals surface area contributed by atoms with Crippen molar-refractivity contribution in [3.8, 4) is 0 Å². The highest BCUT2D eigenvalue weighted by atomic mass is 16.1. The van der Waals surface area contributed by atoms with Gasteiger partial charge in [-0.15, -0.1) is 0 Å². The molecule has 1 aromatic carbocycles. The molecule has 2 rings (SSSR count). The van der Waals surface area contributed by atoms with Crippen molar-refractivity contribution < 1.29 is 4.79 Å². The molecule has 0 spiro atoms. The SMILES string of the molecule is CC(C)CCC1CC(=O)CN1Cc1ccccc1. The van der Waals surface area contributed by atoms with Crippen molar-refractivity contribution in [3.05, 3.63) is 35.9 Å². The van der Waals surface area contributed by atoms with E-state index in [4.69, 9.17) is 0 Å². The Labute approximate surface area is 110 Å². The van der Waals surface area contributed by atoms with Gasteiger partial charge in [0.25, 0.3) is 0 Å². The van der Waals surface area contributed by atoms with Gasteiger partial charge in [0.1, 0.15) is 5.78 Å². The summed E-state index contributed by atoms with van der Waals surface area (Å²) in [4.78, 5) is 14.0. The van der Waals surface area contributed by atoms with Crippen molar-refractivity contribution in [2.24, 2.45) is 5.92 Å². The Bertz CT molecular complexity index is 385. The van der Waals surface area contributed by atoms with E-state index in [-0.39, 0.29) is 0 Å². The number of likely N-dealkylation sites (tertiary alicyclic amines) is 1. The van der Waals surface area contributed by atoms with E-state index in [9.17, 15) is 4.79 Å². The standard InChI is InChI=1S/C16H23NO/c1-13(2)8-9-15-10-16(18)12-17(15)11-14-6-4-3-5-7-14/h3-7,13,15H,8-12H2,1-2H3. The molecule has 1 aliphatic heterocycles. The second-order valence-electron chi connectivity index (χ2n) is 5.76. The summed E-state index contributed by atoms with van der Waals surface area (Å²) in [5.41, 5.74) is 1.31. The van der Waals surface area contributed by atoms with Crippen LogP contribution in [0.1, 0.15) is 38.7 Å². The fraction of sp³-hybridized carbons (Fsp3) is 0.562. The van der Waals surface area contributed by atoms with Crippen LogP contribution in [0.5, 0.6) is 0 Å². The van der Waals surface area contributed by atoms with Gasteiger partial charge in [-0.3, -0.25) is 9.69 Å². The van der Waals surface area contributed by atoms with Gasteiger partial charge in [0.05, 0.1) is 6.54 Å². The fourth-order valence-electron chi connectivity index (χ4n) is 2.63. The maximum absolute atomic E-state index is 11.7. The molecule has 1 atom stereocenters. The van der Waals surface area contributed by atoms with Gasteiger partial charge >= 0.3 is 0 Å². The molecule has 1 aromatic rings. The number of nitrogens with zero attached hydrogens (tertiary/aromatic N) is 1. The van der Waals surface area contributed by atoms with Crippen molar-refractivity contribution >= 4 is 5.78 Å². The van der Waals surface area contributed by atoms with E-state index < -0.39 is 0 Å². The molecule has 1 fully saturated rings. The predicted molar refractivity (Wildman–Crippen MR) is 74.3 cm³/mol. The molecule has 0 bridgehead atoms. The lowest BCUT2D eigenvalue weighted by atomic mass is 10.0. The quantitative estimate of drug-likeness (QED) is 0.793. The zero-order valence-corrected chi connectivity index (χ0v) is 11.4. The Morgan fingerprint density at radius 1 is 1.28 bits per heavy atom. The van der Waals surface area contributed by atoms with Crippen molar-refractivity contribution in [1.29, 1.82) is 0 Å². The minimum atomic E-state index is 0.402. The highest BCUT2D eigenvalue weighted by molar-refractivity contribution is 5.83. The lowest BCUT2D eigenvalue weighted by Gasteiger charge is -2.24.